The van der Waals surface area contributed by atoms with Crippen molar-refractivity contribution in [1.29, 1.82) is 0 Å². The van der Waals surface area contributed by atoms with Gasteiger partial charge in [-0.25, -0.2) is 9.18 Å². The predicted molar refractivity (Wildman–Crippen MR) is 118 cm³/mol. The first kappa shape index (κ1) is 20.1. The number of rotatable bonds is 7. The summed E-state index contributed by atoms with van der Waals surface area (Å²) in [5.74, 6) is 0.0727. The van der Waals surface area contributed by atoms with Crippen molar-refractivity contribution in [2.24, 2.45) is 0 Å². The standard InChI is InChI=1S/C25H21FN2O4/c26-18-5-3-4-17(10-18)14-28-21-7-2-1-6-19(21)20(24(28)25(29)30)13-27-12-16-8-9-22-23(11-16)32-15-31-22/h1-11,27H,12-15H2,(H,29,30). The molecule has 3 aromatic carbocycles. The van der Waals surface area contributed by atoms with Crippen LogP contribution in [0.3, 0.4) is 0 Å². The highest BCUT2D eigenvalue weighted by Gasteiger charge is 2.22. The van der Waals surface area contributed by atoms with Crippen molar-refractivity contribution < 1.29 is 23.8 Å². The van der Waals surface area contributed by atoms with Gasteiger partial charge in [-0.15, -0.1) is 0 Å². The van der Waals surface area contributed by atoms with Gasteiger partial charge in [0.2, 0.25) is 6.79 Å². The molecule has 0 saturated heterocycles. The van der Waals surface area contributed by atoms with Crippen molar-refractivity contribution in [2.45, 2.75) is 19.6 Å². The summed E-state index contributed by atoms with van der Waals surface area (Å²) in [4.78, 5) is 12.3. The average molecular weight is 432 g/mol. The predicted octanol–water partition coefficient (Wildman–Crippen LogP) is 4.55. The Labute approximate surface area is 183 Å². The van der Waals surface area contributed by atoms with Gasteiger partial charge >= 0.3 is 5.97 Å². The summed E-state index contributed by atoms with van der Waals surface area (Å²) in [5.41, 5.74) is 3.41. The molecule has 0 unspecified atom stereocenters. The van der Waals surface area contributed by atoms with Crippen LogP contribution in [0.2, 0.25) is 0 Å². The minimum atomic E-state index is -1.02. The Morgan fingerprint density at radius 1 is 0.969 bits per heavy atom. The molecule has 1 aliphatic heterocycles. The van der Waals surface area contributed by atoms with Gasteiger partial charge in [0, 0.05) is 36.1 Å². The summed E-state index contributed by atoms with van der Waals surface area (Å²) in [7, 11) is 0. The zero-order chi connectivity index (χ0) is 22.1. The lowest BCUT2D eigenvalue weighted by atomic mass is 10.1. The van der Waals surface area contributed by atoms with Crippen LogP contribution in [0.5, 0.6) is 11.5 Å². The Morgan fingerprint density at radius 3 is 2.66 bits per heavy atom. The molecule has 7 heteroatoms. The molecule has 0 spiro atoms. The molecular weight excluding hydrogens is 411 g/mol. The number of hydrogen-bond donors (Lipinski definition) is 2. The van der Waals surface area contributed by atoms with Crippen LogP contribution >= 0.6 is 0 Å². The quantitative estimate of drug-likeness (QED) is 0.448. The summed E-state index contributed by atoms with van der Waals surface area (Å²) in [6.45, 7) is 1.40. The van der Waals surface area contributed by atoms with Gasteiger partial charge in [-0.3, -0.25) is 0 Å². The maximum absolute atomic E-state index is 13.7. The first-order valence-electron chi connectivity index (χ1n) is 10.3. The van der Waals surface area contributed by atoms with E-state index >= 15 is 0 Å². The van der Waals surface area contributed by atoms with Gasteiger partial charge < -0.3 is 24.5 Å². The van der Waals surface area contributed by atoms with Crippen molar-refractivity contribution in [3.63, 3.8) is 0 Å². The van der Waals surface area contributed by atoms with Crippen LogP contribution < -0.4 is 14.8 Å². The fourth-order valence-electron chi connectivity index (χ4n) is 4.16. The Balaban J connectivity index is 1.45. The first-order chi connectivity index (χ1) is 15.6. The number of carbonyl (C=O) groups is 1. The first-order valence-corrected chi connectivity index (χ1v) is 10.3. The Kier molecular flexibility index (Phi) is 5.25. The van der Waals surface area contributed by atoms with E-state index in [2.05, 4.69) is 5.32 Å². The topological polar surface area (TPSA) is 72.7 Å². The molecule has 4 aromatic rings. The second-order valence-corrected chi connectivity index (χ2v) is 7.66. The molecule has 6 nitrogen and oxygen atoms in total. The van der Waals surface area contributed by atoms with Crippen LogP contribution in [0.1, 0.15) is 27.2 Å². The summed E-state index contributed by atoms with van der Waals surface area (Å²) in [6.07, 6.45) is 0. The van der Waals surface area contributed by atoms with Gasteiger partial charge in [0.25, 0.3) is 0 Å². The third-order valence-corrected chi connectivity index (χ3v) is 5.58. The lowest BCUT2D eigenvalue weighted by Crippen LogP contribution is -2.17. The number of aromatic carboxylic acids is 1. The monoisotopic (exact) mass is 432 g/mol. The van der Waals surface area contributed by atoms with Gasteiger partial charge in [0.05, 0.1) is 0 Å². The highest BCUT2D eigenvalue weighted by Crippen LogP contribution is 2.32. The van der Waals surface area contributed by atoms with Crippen molar-refractivity contribution in [3.8, 4) is 11.5 Å². The lowest BCUT2D eigenvalue weighted by molar-refractivity contribution is 0.0684. The van der Waals surface area contributed by atoms with E-state index in [9.17, 15) is 14.3 Å². The zero-order valence-electron chi connectivity index (χ0n) is 17.2. The normalized spacial score (nSPS) is 12.4. The van der Waals surface area contributed by atoms with Crippen LogP contribution in [0.15, 0.2) is 66.7 Å². The smallest absolute Gasteiger partial charge is 0.352 e. The second kappa shape index (κ2) is 8.36. The molecule has 2 N–H and O–H groups in total. The molecule has 0 atom stereocenters. The molecule has 0 amide bonds. The molecule has 1 aromatic heterocycles. The van der Waals surface area contributed by atoms with Gasteiger partial charge in [0.15, 0.2) is 11.5 Å². The third kappa shape index (κ3) is 3.78. The van der Waals surface area contributed by atoms with E-state index in [0.717, 1.165) is 22.2 Å². The lowest BCUT2D eigenvalue weighted by Gasteiger charge is -2.10. The Hall–Kier alpha value is -3.84. The molecule has 0 saturated carbocycles. The number of para-hydroxylation sites is 1. The molecular formula is C25H21FN2O4. The highest BCUT2D eigenvalue weighted by molar-refractivity contribution is 5.98. The van der Waals surface area contributed by atoms with E-state index in [4.69, 9.17) is 9.47 Å². The SMILES string of the molecule is O=C(O)c1c(CNCc2ccc3c(c2)OCO3)c2ccccc2n1Cc1cccc(F)c1. The van der Waals surface area contributed by atoms with Crippen LogP contribution in [0.25, 0.3) is 10.9 Å². The van der Waals surface area contributed by atoms with E-state index in [0.29, 0.717) is 30.0 Å². The van der Waals surface area contributed by atoms with Crippen molar-refractivity contribution in [2.75, 3.05) is 6.79 Å². The number of carboxylic acids is 1. The van der Waals surface area contributed by atoms with E-state index < -0.39 is 5.97 Å². The molecule has 32 heavy (non-hydrogen) atoms. The number of benzene rings is 3. The van der Waals surface area contributed by atoms with E-state index in [1.807, 2.05) is 42.5 Å². The molecule has 2 heterocycles. The van der Waals surface area contributed by atoms with E-state index in [1.54, 1.807) is 16.7 Å². The van der Waals surface area contributed by atoms with Crippen LogP contribution in [0.4, 0.5) is 4.39 Å². The number of halogens is 1. The number of hydrogen-bond acceptors (Lipinski definition) is 4. The summed E-state index contributed by atoms with van der Waals surface area (Å²) >= 11 is 0. The maximum atomic E-state index is 13.7. The third-order valence-electron chi connectivity index (χ3n) is 5.58. The van der Waals surface area contributed by atoms with Gasteiger partial charge in [-0.2, -0.15) is 0 Å². The number of nitrogens with zero attached hydrogens (tertiary/aromatic N) is 1. The molecule has 5 rings (SSSR count). The summed E-state index contributed by atoms with van der Waals surface area (Å²) < 4.78 is 26.2. The Morgan fingerprint density at radius 2 is 1.81 bits per heavy atom. The van der Waals surface area contributed by atoms with Crippen LogP contribution in [-0.4, -0.2) is 22.4 Å². The maximum Gasteiger partial charge on any atom is 0.352 e. The summed E-state index contributed by atoms with van der Waals surface area (Å²) in [6, 6.07) is 19.5. The fraction of sp³-hybridized carbons (Fsp3) is 0.160. The Bertz CT molecular complexity index is 1310. The van der Waals surface area contributed by atoms with Crippen molar-refractivity contribution in [1.82, 2.24) is 9.88 Å². The highest BCUT2D eigenvalue weighted by atomic mass is 19.1. The van der Waals surface area contributed by atoms with Gasteiger partial charge in [0.1, 0.15) is 11.5 Å². The molecule has 0 aliphatic carbocycles. The minimum absolute atomic E-state index is 0.202. The number of aromatic nitrogens is 1. The summed E-state index contributed by atoms with van der Waals surface area (Å²) in [5, 5.41) is 14.3. The molecule has 0 bridgehead atoms. The molecule has 0 radical (unpaired) electrons. The van der Waals surface area contributed by atoms with E-state index in [1.165, 1.54) is 12.1 Å². The van der Waals surface area contributed by atoms with Gasteiger partial charge in [-0.1, -0.05) is 36.4 Å². The van der Waals surface area contributed by atoms with Crippen LogP contribution in [0, 0.1) is 5.82 Å². The number of carboxylic acid groups (broad SMARTS) is 1. The fourth-order valence-corrected chi connectivity index (χ4v) is 4.16. The second-order valence-electron chi connectivity index (χ2n) is 7.66. The van der Waals surface area contributed by atoms with E-state index in [-0.39, 0.29) is 24.8 Å². The molecule has 0 fully saturated rings. The zero-order valence-corrected chi connectivity index (χ0v) is 17.2. The van der Waals surface area contributed by atoms with Crippen molar-refractivity contribution >= 4 is 16.9 Å². The minimum Gasteiger partial charge on any atom is -0.477 e. The van der Waals surface area contributed by atoms with Crippen LogP contribution in [-0.2, 0) is 19.6 Å². The number of nitrogens with one attached hydrogen (secondary N) is 1. The molecule has 162 valence electrons. The van der Waals surface area contributed by atoms with Crippen molar-refractivity contribution in [3.05, 3.63) is 94.9 Å². The number of ether oxygens (including phenoxy) is 2. The average Bonchev–Trinajstić information content (AvgIpc) is 3.37. The number of fused-ring (bicyclic) bond motifs is 2. The largest absolute Gasteiger partial charge is 0.477 e. The van der Waals surface area contributed by atoms with Gasteiger partial charge in [-0.05, 0) is 41.5 Å². The molecule has 1 aliphatic rings.